The highest BCUT2D eigenvalue weighted by atomic mass is 16.5. The summed E-state index contributed by atoms with van der Waals surface area (Å²) in [6.07, 6.45) is -0.601. The number of carbonyl (C=O) groups is 2. The number of aliphatic carboxylic acids is 1. The van der Waals surface area contributed by atoms with E-state index in [4.69, 9.17) is 10.5 Å². The van der Waals surface area contributed by atoms with Gasteiger partial charge in [0.05, 0.1) is 6.42 Å². The molecule has 1 aromatic carbocycles. The SMILES string of the molecule is C[C@H]([C@@H](C)OC(=O)CC(C)(C)C)[C@](N)(Cc1ccc(O)c(O)c1)C(=O)O. The summed E-state index contributed by atoms with van der Waals surface area (Å²) in [5.74, 6) is -3.00. The van der Waals surface area contributed by atoms with Gasteiger partial charge in [0.1, 0.15) is 11.6 Å². The normalized spacial score (nSPS) is 16.4. The predicted molar refractivity (Wildman–Crippen MR) is 96.8 cm³/mol. The molecule has 0 aliphatic heterocycles. The number of hydrogen-bond acceptors (Lipinski definition) is 6. The summed E-state index contributed by atoms with van der Waals surface area (Å²) >= 11 is 0. The van der Waals surface area contributed by atoms with Crippen LogP contribution in [0, 0.1) is 11.3 Å². The molecular formula is C19H29NO6. The fraction of sp³-hybridized carbons (Fsp3) is 0.579. The second-order valence-corrected chi connectivity index (χ2v) is 8.07. The lowest BCUT2D eigenvalue weighted by Crippen LogP contribution is -2.58. The minimum Gasteiger partial charge on any atom is -0.504 e. The fourth-order valence-corrected chi connectivity index (χ4v) is 2.65. The van der Waals surface area contributed by atoms with Gasteiger partial charge in [0, 0.05) is 12.3 Å². The lowest BCUT2D eigenvalue weighted by molar-refractivity contribution is -0.159. The number of esters is 1. The maximum Gasteiger partial charge on any atom is 0.324 e. The van der Waals surface area contributed by atoms with Gasteiger partial charge in [0.15, 0.2) is 11.5 Å². The third kappa shape index (κ3) is 5.62. The van der Waals surface area contributed by atoms with Crippen molar-refractivity contribution in [2.45, 2.75) is 59.1 Å². The first-order valence-corrected chi connectivity index (χ1v) is 8.49. The first-order valence-electron chi connectivity index (χ1n) is 8.49. The Morgan fingerprint density at radius 1 is 1.15 bits per heavy atom. The van der Waals surface area contributed by atoms with Crippen LogP contribution in [0.25, 0.3) is 0 Å². The molecule has 146 valence electrons. The zero-order valence-corrected chi connectivity index (χ0v) is 15.9. The summed E-state index contributed by atoms with van der Waals surface area (Å²) in [4.78, 5) is 23.9. The Hall–Kier alpha value is -2.28. The standard InChI is InChI=1S/C19H29NO6/c1-11(12(2)26-16(23)10-18(3,4)5)19(20,17(24)25)9-13-6-7-14(21)15(22)8-13/h6-8,11-12,21-22H,9-10,20H2,1-5H3,(H,24,25)/t11-,12-,19-/m1/s1. The highest BCUT2D eigenvalue weighted by Gasteiger charge is 2.44. The Labute approximate surface area is 153 Å². The summed E-state index contributed by atoms with van der Waals surface area (Å²) in [5.41, 5.74) is 4.67. The molecule has 0 amide bonds. The molecule has 0 saturated heterocycles. The van der Waals surface area contributed by atoms with Crippen molar-refractivity contribution in [3.05, 3.63) is 23.8 Å². The largest absolute Gasteiger partial charge is 0.504 e. The van der Waals surface area contributed by atoms with E-state index in [1.807, 2.05) is 20.8 Å². The zero-order valence-electron chi connectivity index (χ0n) is 15.9. The predicted octanol–water partition coefficient (Wildman–Crippen LogP) is 2.43. The van der Waals surface area contributed by atoms with Gasteiger partial charge in [0.25, 0.3) is 0 Å². The molecule has 0 fully saturated rings. The number of carboxylic acids is 1. The number of carboxylic acid groups (broad SMARTS) is 1. The number of rotatable bonds is 7. The molecular weight excluding hydrogens is 338 g/mol. The molecule has 1 rings (SSSR count). The number of aromatic hydroxyl groups is 2. The lowest BCUT2D eigenvalue weighted by Gasteiger charge is -2.35. The highest BCUT2D eigenvalue weighted by molar-refractivity contribution is 5.79. The van der Waals surface area contributed by atoms with Crippen LogP contribution in [0.15, 0.2) is 18.2 Å². The van der Waals surface area contributed by atoms with E-state index in [1.165, 1.54) is 18.2 Å². The van der Waals surface area contributed by atoms with Crippen molar-refractivity contribution in [3.8, 4) is 11.5 Å². The van der Waals surface area contributed by atoms with Crippen LogP contribution in [0.4, 0.5) is 0 Å². The number of phenolic OH excluding ortho intramolecular Hbond substituents is 2. The van der Waals surface area contributed by atoms with Crippen molar-refractivity contribution in [3.63, 3.8) is 0 Å². The highest BCUT2D eigenvalue weighted by Crippen LogP contribution is 2.30. The van der Waals surface area contributed by atoms with Crippen molar-refractivity contribution >= 4 is 11.9 Å². The second-order valence-electron chi connectivity index (χ2n) is 8.07. The van der Waals surface area contributed by atoms with Crippen LogP contribution in [0.1, 0.15) is 46.6 Å². The summed E-state index contributed by atoms with van der Waals surface area (Å²) in [6.45, 7) is 8.95. The molecule has 0 saturated carbocycles. The first-order chi connectivity index (χ1) is 11.8. The van der Waals surface area contributed by atoms with E-state index in [2.05, 4.69) is 0 Å². The molecule has 1 aromatic rings. The van der Waals surface area contributed by atoms with Crippen LogP contribution < -0.4 is 5.73 Å². The number of nitrogens with two attached hydrogens (primary N) is 1. The van der Waals surface area contributed by atoms with Gasteiger partial charge in [-0.25, -0.2) is 0 Å². The van der Waals surface area contributed by atoms with E-state index >= 15 is 0 Å². The average Bonchev–Trinajstić information content (AvgIpc) is 2.47. The van der Waals surface area contributed by atoms with E-state index in [0.717, 1.165) is 0 Å². The molecule has 0 aliphatic rings. The smallest absolute Gasteiger partial charge is 0.324 e. The Morgan fingerprint density at radius 3 is 2.19 bits per heavy atom. The summed E-state index contributed by atoms with van der Waals surface area (Å²) in [5, 5.41) is 28.7. The molecule has 5 N–H and O–H groups in total. The van der Waals surface area contributed by atoms with E-state index in [-0.39, 0.29) is 29.8 Å². The number of ether oxygens (including phenoxy) is 1. The second kappa shape index (κ2) is 7.95. The van der Waals surface area contributed by atoms with Crippen LogP contribution in [-0.2, 0) is 20.7 Å². The van der Waals surface area contributed by atoms with Crippen molar-refractivity contribution in [1.29, 1.82) is 0 Å². The van der Waals surface area contributed by atoms with E-state index < -0.39 is 29.5 Å². The Balaban J connectivity index is 2.97. The van der Waals surface area contributed by atoms with Crippen molar-refractivity contribution in [2.75, 3.05) is 0 Å². The molecule has 7 heteroatoms. The van der Waals surface area contributed by atoms with Crippen molar-refractivity contribution in [1.82, 2.24) is 0 Å². The zero-order chi connectivity index (χ0) is 20.3. The molecule has 0 aromatic heterocycles. The third-order valence-corrected chi connectivity index (χ3v) is 4.44. The lowest BCUT2D eigenvalue weighted by atomic mass is 9.78. The van der Waals surface area contributed by atoms with Gasteiger partial charge in [-0.1, -0.05) is 33.8 Å². The van der Waals surface area contributed by atoms with Crippen LogP contribution in [0.5, 0.6) is 11.5 Å². The minimum absolute atomic E-state index is 0.0987. The Kier molecular flexibility index (Phi) is 6.65. The third-order valence-electron chi connectivity index (χ3n) is 4.44. The summed E-state index contributed by atoms with van der Waals surface area (Å²) in [7, 11) is 0. The fourth-order valence-electron chi connectivity index (χ4n) is 2.65. The molecule has 0 aliphatic carbocycles. The molecule has 0 bridgehead atoms. The number of phenols is 2. The maximum atomic E-state index is 12.0. The van der Waals surface area contributed by atoms with Crippen LogP contribution in [-0.4, -0.2) is 38.9 Å². The van der Waals surface area contributed by atoms with Crippen molar-refractivity contribution < 1.29 is 29.6 Å². The molecule has 0 spiro atoms. The van der Waals surface area contributed by atoms with Crippen LogP contribution in [0.2, 0.25) is 0 Å². The van der Waals surface area contributed by atoms with E-state index in [1.54, 1.807) is 13.8 Å². The van der Waals surface area contributed by atoms with E-state index in [9.17, 15) is 24.9 Å². The van der Waals surface area contributed by atoms with Crippen LogP contribution >= 0.6 is 0 Å². The van der Waals surface area contributed by atoms with E-state index in [0.29, 0.717) is 5.56 Å². The van der Waals surface area contributed by atoms with Crippen molar-refractivity contribution in [2.24, 2.45) is 17.1 Å². The quantitative estimate of drug-likeness (QED) is 0.430. The van der Waals surface area contributed by atoms with Gasteiger partial charge in [-0.05, 0) is 30.0 Å². The Morgan fingerprint density at radius 2 is 1.73 bits per heavy atom. The van der Waals surface area contributed by atoms with Crippen LogP contribution in [0.3, 0.4) is 0 Å². The number of benzene rings is 1. The van der Waals surface area contributed by atoms with Gasteiger partial charge in [-0.2, -0.15) is 0 Å². The molecule has 0 heterocycles. The number of carbonyl (C=O) groups excluding carboxylic acids is 1. The van der Waals surface area contributed by atoms with Gasteiger partial charge < -0.3 is 25.8 Å². The molecule has 0 unspecified atom stereocenters. The molecule has 7 nitrogen and oxygen atoms in total. The van der Waals surface area contributed by atoms with Gasteiger partial charge in [-0.15, -0.1) is 0 Å². The maximum absolute atomic E-state index is 12.0. The van der Waals surface area contributed by atoms with Gasteiger partial charge in [-0.3, -0.25) is 9.59 Å². The summed E-state index contributed by atoms with van der Waals surface area (Å²) in [6, 6.07) is 4.02. The number of hydrogen-bond donors (Lipinski definition) is 4. The Bertz CT molecular complexity index is 666. The summed E-state index contributed by atoms with van der Waals surface area (Å²) < 4.78 is 5.39. The molecule has 3 atom stereocenters. The minimum atomic E-state index is -1.72. The average molecular weight is 367 g/mol. The first kappa shape index (κ1) is 21.8. The molecule has 26 heavy (non-hydrogen) atoms. The monoisotopic (exact) mass is 367 g/mol. The van der Waals surface area contributed by atoms with Gasteiger partial charge >= 0.3 is 11.9 Å². The van der Waals surface area contributed by atoms with Gasteiger partial charge in [0.2, 0.25) is 0 Å². The molecule has 0 radical (unpaired) electrons. The topological polar surface area (TPSA) is 130 Å².